The van der Waals surface area contributed by atoms with Crippen molar-refractivity contribution in [2.24, 2.45) is 0 Å². The fourth-order valence-electron chi connectivity index (χ4n) is 2.69. The Kier molecular flexibility index (Phi) is 5.59. The van der Waals surface area contributed by atoms with Gasteiger partial charge in [0.05, 0.1) is 0 Å². The number of esters is 1. The predicted octanol–water partition coefficient (Wildman–Crippen LogP) is 3.37. The maximum Gasteiger partial charge on any atom is 0.358 e. The van der Waals surface area contributed by atoms with Crippen molar-refractivity contribution in [1.82, 2.24) is 9.88 Å². The minimum absolute atomic E-state index is 0.122. The highest BCUT2D eigenvalue weighted by atomic mass is 32.1. The van der Waals surface area contributed by atoms with Crippen LogP contribution in [0.4, 0.5) is 0 Å². The normalized spacial score (nSPS) is 14.9. The molecule has 0 spiro atoms. The lowest BCUT2D eigenvalue weighted by atomic mass is 10.2. The predicted molar refractivity (Wildman–Crippen MR) is 92.9 cm³/mol. The molecule has 0 radical (unpaired) electrons. The van der Waals surface area contributed by atoms with E-state index in [-0.39, 0.29) is 18.2 Å². The summed E-state index contributed by atoms with van der Waals surface area (Å²) in [6.07, 6.45) is 4.35. The van der Waals surface area contributed by atoms with Crippen LogP contribution in [0.3, 0.4) is 0 Å². The number of benzene rings is 1. The number of hydrogen-bond donors (Lipinski definition) is 0. The Bertz CT molecular complexity index is 691. The summed E-state index contributed by atoms with van der Waals surface area (Å²) < 4.78 is 5.15. The number of carbonyl (C=O) groups excluding carboxylic acids is 2. The van der Waals surface area contributed by atoms with E-state index in [0.29, 0.717) is 0 Å². The molecule has 5 nitrogen and oxygen atoms in total. The Hall–Kier alpha value is -2.21. The van der Waals surface area contributed by atoms with Gasteiger partial charge in [-0.3, -0.25) is 4.79 Å². The van der Waals surface area contributed by atoms with E-state index >= 15 is 0 Å². The van der Waals surface area contributed by atoms with Gasteiger partial charge in [-0.25, -0.2) is 9.78 Å². The van der Waals surface area contributed by atoms with E-state index in [4.69, 9.17) is 4.74 Å². The number of likely N-dealkylation sites (tertiary alicyclic amines) is 1. The summed E-state index contributed by atoms with van der Waals surface area (Å²) in [7, 11) is 0. The number of amides is 1. The van der Waals surface area contributed by atoms with Gasteiger partial charge in [-0.15, -0.1) is 11.3 Å². The van der Waals surface area contributed by atoms with Gasteiger partial charge in [0.15, 0.2) is 12.3 Å². The second kappa shape index (κ2) is 8.06. The largest absolute Gasteiger partial charge is 0.451 e. The molecule has 1 aromatic heterocycles. The second-order valence-corrected chi connectivity index (χ2v) is 6.63. The molecule has 0 atom stereocenters. The average molecular weight is 344 g/mol. The first-order valence-corrected chi connectivity index (χ1v) is 9.08. The minimum Gasteiger partial charge on any atom is -0.451 e. The van der Waals surface area contributed by atoms with Crippen LogP contribution in [0.15, 0.2) is 35.7 Å². The fraction of sp³-hybridized carbons (Fsp3) is 0.389. The van der Waals surface area contributed by atoms with Crippen molar-refractivity contribution in [2.45, 2.75) is 25.7 Å². The zero-order valence-corrected chi connectivity index (χ0v) is 14.3. The van der Waals surface area contributed by atoms with Crippen molar-refractivity contribution in [2.75, 3.05) is 19.7 Å². The molecule has 0 bridgehead atoms. The smallest absolute Gasteiger partial charge is 0.358 e. The van der Waals surface area contributed by atoms with Crippen LogP contribution in [0.5, 0.6) is 0 Å². The molecule has 1 aliphatic rings. The van der Waals surface area contributed by atoms with Crippen LogP contribution in [-0.4, -0.2) is 41.5 Å². The molecule has 3 rings (SSSR count). The van der Waals surface area contributed by atoms with Crippen molar-refractivity contribution in [3.05, 3.63) is 41.4 Å². The van der Waals surface area contributed by atoms with Crippen LogP contribution in [0.1, 0.15) is 36.2 Å². The van der Waals surface area contributed by atoms with Gasteiger partial charge in [0.2, 0.25) is 0 Å². The van der Waals surface area contributed by atoms with E-state index in [1.807, 2.05) is 30.3 Å². The summed E-state index contributed by atoms with van der Waals surface area (Å²) in [4.78, 5) is 30.3. The van der Waals surface area contributed by atoms with Crippen molar-refractivity contribution >= 4 is 23.2 Å². The molecule has 126 valence electrons. The minimum atomic E-state index is -0.545. The van der Waals surface area contributed by atoms with Crippen molar-refractivity contribution in [3.63, 3.8) is 0 Å². The highest BCUT2D eigenvalue weighted by Gasteiger charge is 2.19. The molecule has 6 heteroatoms. The SMILES string of the molecule is O=C(OCC(=O)N1CCCCCC1)c1csc(-c2ccccc2)n1. The van der Waals surface area contributed by atoms with Crippen LogP contribution < -0.4 is 0 Å². The number of hydrogen-bond acceptors (Lipinski definition) is 5. The molecule has 1 amide bonds. The van der Waals surface area contributed by atoms with E-state index in [9.17, 15) is 9.59 Å². The Morgan fingerprint density at radius 2 is 1.79 bits per heavy atom. The van der Waals surface area contributed by atoms with E-state index in [1.54, 1.807) is 10.3 Å². The first kappa shape index (κ1) is 16.6. The summed E-state index contributed by atoms with van der Waals surface area (Å²) in [5.41, 5.74) is 1.21. The van der Waals surface area contributed by atoms with Crippen molar-refractivity contribution in [3.8, 4) is 10.6 Å². The van der Waals surface area contributed by atoms with E-state index in [1.165, 1.54) is 11.3 Å². The van der Waals surface area contributed by atoms with Crippen LogP contribution in [-0.2, 0) is 9.53 Å². The topological polar surface area (TPSA) is 59.5 Å². The third-order valence-electron chi connectivity index (χ3n) is 4.02. The molecule has 0 N–H and O–H groups in total. The number of aromatic nitrogens is 1. The number of thiazole rings is 1. The van der Waals surface area contributed by atoms with Gasteiger partial charge in [0.1, 0.15) is 5.01 Å². The summed E-state index contributed by atoms with van der Waals surface area (Å²) in [6.45, 7) is 1.30. The maximum absolute atomic E-state index is 12.1. The molecule has 2 aromatic rings. The van der Waals surface area contributed by atoms with E-state index in [2.05, 4.69) is 4.98 Å². The lowest BCUT2D eigenvalue weighted by Crippen LogP contribution is -2.35. The lowest BCUT2D eigenvalue weighted by Gasteiger charge is -2.19. The summed E-state index contributed by atoms with van der Waals surface area (Å²) in [5, 5.41) is 2.43. The van der Waals surface area contributed by atoms with Gasteiger partial charge in [0.25, 0.3) is 5.91 Å². The zero-order chi connectivity index (χ0) is 16.8. The third-order valence-corrected chi connectivity index (χ3v) is 4.91. The number of rotatable bonds is 4. The number of nitrogens with zero attached hydrogens (tertiary/aromatic N) is 2. The van der Waals surface area contributed by atoms with Gasteiger partial charge in [-0.1, -0.05) is 43.2 Å². The van der Waals surface area contributed by atoms with E-state index < -0.39 is 5.97 Å². The number of ether oxygens (including phenoxy) is 1. The van der Waals surface area contributed by atoms with Gasteiger partial charge < -0.3 is 9.64 Å². The van der Waals surface area contributed by atoms with Crippen LogP contribution in [0, 0.1) is 0 Å². The lowest BCUT2D eigenvalue weighted by molar-refractivity contribution is -0.134. The molecule has 1 fully saturated rings. The van der Waals surface area contributed by atoms with Gasteiger partial charge in [0, 0.05) is 24.0 Å². The van der Waals surface area contributed by atoms with Gasteiger partial charge >= 0.3 is 5.97 Å². The first-order valence-electron chi connectivity index (χ1n) is 8.20. The molecule has 24 heavy (non-hydrogen) atoms. The maximum atomic E-state index is 12.1. The Morgan fingerprint density at radius 1 is 1.08 bits per heavy atom. The Labute approximate surface area is 145 Å². The van der Waals surface area contributed by atoms with Crippen LogP contribution in [0.2, 0.25) is 0 Å². The molecule has 0 unspecified atom stereocenters. The molecule has 0 aliphatic carbocycles. The molecule has 2 heterocycles. The van der Waals surface area contributed by atoms with E-state index in [0.717, 1.165) is 49.3 Å². The zero-order valence-electron chi connectivity index (χ0n) is 13.4. The van der Waals surface area contributed by atoms with Gasteiger partial charge in [-0.2, -0.15) is 0 Å². The summed E-state index contributed by atoms with van der Waals surface area (Å²) in [6, 6.07) is 9.66. The molecule has 1 saturated heterocycles. The third kappa shape index (κ3) is 4.20. The Morgan fingerprint density at radius 3 is 2.50 bits per heavy atom. The van der Waals surface area contributed by atoms with Crippen molar-refractivity contribution in [1.29, 1.82) is 0 Å². The molecule has 0 saturated carbocycles. The van der Waals surface area contributed by atoms with Crippen LogP contribution in [0.25, 0.3) is 10.6 Å². The molecular formula is C18H20N2O3S. The highest BCUT2D eigenvalue weighted by Crippen LogP contribution is 2.23. The second-order valence-electron chi connectivity index (χ2n) is 5.78. The van der Waals surface area contributed by atoms with Crippen LogP contribution >= 0.6 is 11.3 Å². The summed E-state index contributed by atoms with van der Waals surface area (Å²) in [5.74, 6) is -0.666. The fourth-order valence-corrected chi connectivity index (χ4v) is 3.49. The first-order chi connectivity index (χ1) is 11.7. The quantitative estimate of drug-likeness (QED) is 0.798. The Balaban J connectivity index is 1.55. The average Bonchev–Trinajstić information content (AvgIpc) is 2.96. The highest BCUT2D eigenvalue weighted by molar-refractivity contribution is 7.13. The molecular weight excluding hydrogens is 324 g/mol. The molecule has 1 aromatic carbocycles. The summed E-state index contributed by atoms with van der Waals surface area (Å²) >= 11 is 1.39. The number of carbonyl (C=O) groups is 2. The van der Waals surface area contributed by atoms with Crippen molar-refractivity contribution < 1.29 is 14.3 Å². The van der Waals surface area contributed by atoms with Gasteiger partial charge in [-0.05, 0) is 12.8 Å². The standard InChI is InChI=1S/C18H20N2O3S/c21-16(20-10-6-1-2-7-11-20)12-23-18(22)15-13-24-17(19-15)14-8-4-3-5-9-14/h3-5,8-9,13H,1-2,6-7,10-12H2. The monoisotopic (exact) mass is 344 g/mol. The molecule has 1 aliphatic heterocycles.